The van der Waals surface area contributed by atoms with E-state index < -0.39 is 39.9 Å². The number of halogens is 3. The Labute approximate surface area is 152 Å². The standard InChI is InChI=1S/C16H14BrF2NO4S/c1-2-24-16(21)10-20(15-8-5-12(18)9-14(15)19)25(22,23)13-6-3-11(17)4-7-13/h3-9H,2,10H2,1H3. The monoisotopic (exact) mass is 433 g/mol. The lowest BCUT2D eigenvalue weighted by atomic mass is 10.3. The molecule has 0 spiro atoms. The molecule has 5 nitrogen and oxygen atoms in total. The lowest BCUT2D eigenvalue weighted by molar-refractivity contribution is -0.141. The van der Waals surface area contributed by atoms with Gasteiger partial charge in [0.2, 0.25) is 0 Å². The van der Waals surface area contributed by atoms with Crippen LogP contribution in [0, 0.1) is 11.6 Å². The second-order valence-corrected chi connectivity index (χ2v) is 7.64. The largest absolute Gasteiger partial charge is 0.465 e. The number of rotatable bonds is 6. The van der Waals surface area contributed by atoms with Crippen molar-refractivity contribution in [2.75, 3.05) is 17.5 Å². The van der Waals surface area contributed by atoms with Gasteiger partial charge in [-0.3, -0.25) is 9.10 Å². The molecule has 0 fully saturated rings. The highest BCUT2D eigenvalue weighted by Gasteiger charge is 2.29. The molecule has 0 bridgehead atoms. The first-order valence-electron chi connectivity index (χ1n) is 7.14. The molecule has 0 amide bonds. The van der Waals surface area contributed by atoms with Gasteiger partial charge in [-0.05, 0) is 43.3 Å². The van der Waals surface area contributed by atoms with Gasteiger partial charge in [0.1, 0.15) is 18.2 Å². The van der Waals surface area contributed by atoms with Crippen molar-refractivity contribution in [3.63, 3.8) is 0 Å². The lowest BCUT2D eigenvalue weighted by Gasteiger charge is -2.24. The van der Waals surface area contributed by atoms with E-state index in [2.05, 4.69) is 15.9 Å². The van der Waals surface area contributed by atoms with Crippen LogP contribution in [0.15, 0.2) is 51.8 Å². The molecule has 0 aliphatic heterocycles. The third-order valence-corrected chi connectivity index (χ3v) is 5.46. The van der Waals surface area contributed by atoms with E-state index >= 15 is 0 Å². The Hall–Kier alpha value is -2.00. The van der Waals surface area contributed by atoms with E-state index in [1.165, 1.54) is 24.3 Å². The van der Waals surface area contributed by atoms with E-state index in [9.17, 15) is 22.0 Å². The Kier molecular flexibility index (Phi) is 6.12. The molecular weight excluding hydrogens is 420 g/mol. The first kappa shape index (κ1) is 19.3. The number of esters is 1. The van der Waals surface area contributed by atoms with Gasteiger partial charge in [0, 0.05) is 10.5 Å². The molecule has 0 saturated heterocycles. The molecule has 2 aromatic carbocycles. The fraction of sp³-hybridized carbons (Fsp3) is 0.188. The maximum absolute atomic E-state index is 14.1. The number of ether oxygens (including phenoxy) is 1. The van der Waals surface area contributed by atoms with E-state index in [0.717, 1.165) is 12.1 Å². The SMILES string of the molecule is CCOC(=O)CN(c1ccc(F)cc1F)S(=O)(=O)c1ccc(Br)cc1. The first-order valence-corrected chi connectivity index (χ1v) is 9.38. The molecule has 0 saturated carbocycles. The fourth-order valence-electron chi connectivity index (χ4n) is 2.04. The van der Waals surface area contributed by atoms with E-state index in [-0.39, 0.29) is 11.5 Å². The van der Waals surface area contributed by atoms with Crippen molar-refractivity contribution in [3.8, 4) is 0 Å². The molecule has 25 heavy (non-hydrogen) atoms. The Morgan fingerprint density at radius 3 is 2.36 bits per heavy atom. The van der Waals surface area contributed by atoms with Gasteiger partial charge >= 0.3 is 5.97 Å². The van der Waals surface area contributed by atoms with Crippen molar-refractivity contribution in [2.45, 2.75) is 11.8 Å². The van der Waals surface area contributed by atoms with Crippen LogP contribution < -0.4 is 4.31 Å². The predicted molar refractivity (Wildman–Crippen MR) is 91.7 cm³/mol. The van der Waals surface area contributed by atoms with Crippen molar-refractivity contribution in [3.05, 3.63) is 58.6 Å². The predicted octanol–water partition coefficient (Wildman–Crippen LogP) is 3.49. The van der Waals surface area contributed by atoms with Gasteiger partial charge in [0.05, 0.1) is 17.2 Å². The maximum atomic E-state index is 14.1. The fourth-order valence-corrected chi connectivity index (χ4v) is 3.72. The van der Waals surface area contributed by atoms with Crippen molar-refractivity contribution in [1.29, 1.82) is 0 Å². The summed E-state index contributed by atoms with van der Waals surface area (Å²) in [5, 5.41) is 0. The van der Waals surface area contributed by atoms with Crippen molar-refractivity contribution in [2.24, 2.45) is 0 Å². The summed E-state index contributed by atoms with van der Waals surface area (Å²) >= 11 is 3.19. The molecule has 0 aromatic heterocycles. The average molecular weight is 434 g/mol. The molecule has 9 heteroatoms. The van der Waals surface area contributed by atoms with E-state index in [4.69, 9.17) is 4.74 Å². The maximum Gasteiger partial charge on any atom is 0.326 e. The summed E-state index contributed by atoms with van der Waals surface area (Å²) in [4.78, 5) is 11.7. The van der Waals surface area contributed by atoms with Gasteiger partial charge in [-0.1, -0.05) is 15.9 Å². The van der Waals surface area contributed by atoms with Crippen LogP contribution in [-0.4, -0.2) is 27.5 Å². The van der Waals surface area contributed by atoms with Crippen molar-refractivity contribution in [1.82, 2.24) is 0 Å². The molecule has 0 aliphatic carbocycles. The molecule has 0 unspecified atom stereocenters. The highest BCUT2D eigenvalue weighted by molar-refractivity contribution is 9.10. The van der Waals surface area contributed by atoms with Crippen LogP contribution in [0.4, 0.5) is 14.5 Å². The topological polar surface area (TPSA) is 63.7 Å². The minimum Gasteiger partial charge on any atom is -0.465 e. The number of nitrogens with zero attached hydrogens (tertiary/aromatic N) is 1. The van der Waals surface area contributed by atoms with Crippen LogP contribution in [0.5, 0.6) is 0 Å². The normalized spacial score (nSPS) is 11.2. The first-order chi connectivity index (χ1) is 11.8. The third-order valence-electron chi connectivity index (χ3n) is 3.16. The smallest absolute Gasteiger partial charge is 0.326 e. The number of benzene rings is 2. The van der Waals surface area contributed by atoms with E-state index in [0.29, 0.717) is 14.8 Å². The molecule has 2 aromatic rings. The Morgan fingerprint density at radius 2 is 1.80 bits per heavy atom. The van der Waals surface area contributed by atoms with E-state index in [1.54, 1.807) is 6.92 Å². The minimum atomic E-state index is -4.27. The van der Waals surface area contributed by atoms with Crippen LogP contribution in [0.3, 0.4) is 0 Å². The van der Waals surface area contributed by atoms with Gasteiger partial charge in [-0.25, -0.2) is 17.2 Å². The molecule has 0 radical (unpaired) electrons. The quantitative estimate of drug-likeness (QED) is 0.654. The number of sulfonamides is 1. The van der Waals surface area contributed by atoms with Crippen molar-refractivity contribution < 1.29 is 26.7 Å². The van der Waals surface area contributed by atoms with Gasteiger partial charge in [0.25, 0.3) is 10.0 Å². The summed E-state index contributed by atoms with van der Waals surface area (Å²) in [5.74, 6) is -2.82. The van der Waals surface area contributed by atoms with Gasteiger partial charge in [-0.15, -0.1) is 0 Å². The summed E-state index contributed by atoms with van der Waals surface area (Å²) in [5.41, 5.74) is -0.447. The van der Waals surface area contributed by atoms with Crippen LogP contribution in [0.2, 0.25) is 0 Å². The zero-order valence-electron chi connectivity index (χ0n) is 13.1. The number of hydrogen-bond donors (Lipinski definition) is 0. The second kappa shape index (κ2) is 7.92. The number of anilines is 1. The summed E-state index contributed by atoms with van der Waals surface area (Å²) in [6, 6.07) is 8.02. The van der Waals surface area contributed by atoms with Crippen LogP contribution in [0.25, 0.3) is 0 Å². The van der Waals surface area contributed by atoms with Gasteiger partial charge in [0.15, 0.2) is 0 Å². The Balaban J connectivity index is 2.53. The number of carbonyl (C=O) groups is 1. The molecule has 134 valence electrons. The minimum absolute atomic E-state index is 0.0386. The summed E-state index contributed by atoms with van der Waals surface area (Å²) in [7, 11) is -4.27. The third kappa shape index (κ3) is 4.55. The number of hydrogen-bond acceptors (Lipinski definition) is 4. The zero-order valence-corrected chi connectivity index (χ0v) is 15.5. The van der Waals surface area contributed by atoms with Crippen molar-refractivity contribution >= 4 is 37.6 Å². The summed E-state index contributed by atoms with van der Waals surface area (Å²) < 4.78 is 59.0. The van der Waals surface area contributed by atoms with Crippen LogP contribution in [-0.2, 0) is 19.6 Å². The average Bonchev–Trinajstić information content (AvgIpc) is 2.54. The van der Waals surface area contributed by atoms with Crippen LogP contribution >= 0.6 is 15.9 Å². The Morgan fingerprint density at radius 1 is 1.16 bits per heavy atom. The highest BCUT2D eigenvalue weighted by Crippen LogP contribution is 2.27. The molecular formula is C16H14BrF2NO4S. The number of carbonyl (C=O) groups excluding carboxylic acids is 1. The summed E-state index contributed by atoms with van der Waals surface area (Å²) in [6.07, 6.45) is 0. The lowest BCUT2D eigenvalue weighted by Crippen LogP contribution is -2.37. The Bertz CT molecular complexity index is 872. The molecule has 0 atom stereocenters. The molecule has 0 aliphatic rings. The molecule has 0 N–H and O–H groups in total. The molecule has 2 rings (SSSR count). The molecule has 0 heterocycles. The van der Waals surface area contributed by atoms with Gasteiger partial charge < -0.3 is 4.74 Å². The van der Waals surface area contributed by atoms with Crippen LogP contribution in [0.1, 0.15) is 6.92 Å². The summed E-state index contributed by atoms with van der Waals surface area (Å²) in [6.45, 7) is 0.857. The zero-order chi connectivity index (χ0) is 18.6. The van der Waals surface area contributed by atoms with E-state index in [1.807, 2.05) is 0 Å². The van der Waals surface area contributed by atoms with Gasteiger partial charge in [-0.2, -0.15) is 0 Å². The second-order valence-electron chi connectivity index (χ2n) is 4.87. The highest BCUT2D eigenvalue weighted by atomic mass is 79.9.